The number of aryl methyl sites for hydroxylation is 1. The summed E-state index contributed by atoms with van der Waals surface area (Å²) in [6, 6.07) is 13.9. The maximum atomic E-state index is 12.4. The van der Waals surface area contributed by atoms with Crippen LogP contribution in [0, 0.1) is 6.92 Å². The molecular formula is C15H12OS. The van der Waals surface area contributed by atoms with E-state index in [-0.39, 0.29) is 5.78 Å². The Hall–Kier alpha value is -1.54. The van der Waals surface area contributed by atoms with Crippen LogP contribution >= 0.6 is 11.8 Å². The molecule has 0 unspecified atom stereocenters. The van der Waals surface area contributed by atoms with Gasteiger partial charge in [-0.2, -0.15) is 0 Å². The van der Waals surface area contributed by atoms with Crippen LogP contribution in [0.1, 0.15) is 27.0 Å². The Morgan fingerprint density at radius 2 is 1.88 bits per heavy atom. The summed E-state index contributed by atoms with van der Waals surface area (Å²) in [6.45, 7) is 2.06. The van der Waals surface area contributed by atoms with Crippen LogP contribution in [0.3, 0.4) is 0 Å². The molecule has 0 radical (unpaired) electrons. The highest BCUT2D eigenvalue weighted by atomic mass is 32.2. The monoisotopic (exact) mass is 240 g/mol. The third-order valence-corrected chi connectivity index (χ3v) is 4.13. The Bertz CT molecular complexity index is 602. The minimum absolute atomic E-state index is 0.153. The summed E-state index contributed by atoms with van der Waals surface area (Å²) in [5, 5.41) is 0. The summed E-state index contributed by atoms with van der Waals surface area (Å²) in [6.07, 6.45) is 0. The van der Waals surface area contributed by atoms with Crippen molar-refractivity contribution in [2.75, 3.05) is 0 Å². The molecule has 0 atom stereocenters. The van der Waals surface area contributed by atoms with Crippen LogP contribution in [0.5, 0.6) is 0 Å². The zero-order valence-corrected chi connectivity index (χ0v) is 10.4. The predicted octanol–water partition coefficient (Wildman–Crippen LogP) is 3.83. The van der Waals surface area contributed by atoms with Crippen molar-refractivity contribution in [2.24, 2.45) is 0 Å². The number of carbonyl (C=O) groups is 1. The van der Waals surface area contributed by atoms with E-state index in [2.05, 4.69) is 13.0 Å². The van der Waals surface area contributed by atoms with E-state index in [1.807, 2.05) is 36.4 Å². The molecule has 2 aromatic carbocycles. The van der Waals surface area contributed by atoms with Gasteiger partial charge < -0.3 is 0 Å². The minimum Gasteiger partial charge on any atom is -0.289 e. The number of benzene rings is 2. The van der Waals surface area contributed by atoms with E-state index >= 15 is 0 Å². The summed E-state index contributed by atoms with van der Waals surface area (Å²) in [4.78, 5) is 13.5. The summed E-state index contributed by atoms with van der Waals surface area (Å²) >= 11 is 1.75. The number of rotatable bonds is 0. The molecule has 0 spiro atoms. The van der Waals surface area contributed by atoms with Crippen molar-refractivity contribution < 1.29 is 4.79 Å². The van der Waals surface area contributed by atoms with Gasteiger partial charge in [-0.1, -0.05) is 30.3 Å². The van der Waals surface area contributed by atoms with E-state index in [0.29, 0.717) is 0 Å². The summed E-state index contributed by atoms with van der Waals surface area (Å²) in [5.74, 6) is 1.03. The third kappa shape index (κ3) is 1.79. The van der Waals surface area contributed by atoms with Crippen molar-refractivity contribution in [3.63, 3.8) is 0 Å². The van der Waals surface area contributed by atoms with Gasteiger partial charge >= 0.3 is 0 Å². The second-order valence-electron chi connectivity index (χ2n) is 4.27. The molecule has 1 heterocycles. The largest absolute Gasteiger partial charge is 0.289 e. The van der Waals surface area contributed by atoms with Gasteiger partial charge in [-0.05, 0) is 30.2 Å². The Morgan fingerprint density at radius 3 is 2.76 bits per heavy atom. The van der Waals surface area contributed by atoms with Crippen molar-refractivity contribution in [1.82, 2.24) is 0 Å². The van der Waals surface area contributed by atoms with Gasteiger partial charge in [-0.25, -0.2) is 0 Å². The highest BCUT2D eigenvalue weighted by molar-refractivity contribution is 7.98. The van der Waals surface area contributed by atoms with Gasteiger partial charge in [0.2, 0.25) is 0 Å². The van der Waals surface area contributed by atoms with E-state index in [0.717, 1.165) is 27.3 Å². The lowest BCUT2D eigenvalue weighted by molar-refractivity contribution is 0.103. The van der Waals surface area contributed by atoms with Gasteiger partial charge in [0.05, 0.1) is 0 Å². The summed E-state index contributed by atoms with van der Waals surface area (Å²) < 4.78 is 0. The predicted molar refractivity (Wildman–Crippen MR) is 70.6 cm³/mol. The second kappa shape index (κ2) is 4.04. The molecule has 0 aromatic heterocycles. The molecule has 2 heteroatoms. The molecule has 0 N–H and O–H groups in total. The first kappa shape index (κ1) is 10.6. The van der Waals surface area contributed by atoms with Gasteiger partial charge in [-0.15, -0.1) is 11.8 Å². The smallest absolute Gasteiger partial charge is 0.194 e. The first-order valence-electron chi connectivity index (χ1n) is 5.62. The molecule has 1 aliphatic heterocycles. The normalized spacial score (nSPS) is 13.8. The van der Waals surface area contributed by atoms with Crippen molar-refractivity contribution in [3.05, 3.63) is 64.7 Å². The molecule has 84 valence electrons. The number of thioether (sulfide) groups is 1. The van der Waals surface area contributed by atoms with Crippen LogP contribution in [-0.4, -0.2) is 5.78 Å². The number of carbonyl (C=O) groups excluding carboxylic acids is 1. The van der Waals surface area contributed by atoms with E-state index < -0.39 is 0 Å². The number of hydrogen-bond donors (Lipinski definition) is 0. The van der Waals surface area contributed by atoms with Gasteiger partial charge in [-0.3, -0.25) is 4.79 Å². The van der Waals surface area contributed by atoms with Crippen LogP contribution in [0.25, 0.3) is 0 Å². The standard InChI is InChI=1S/C15H12OS/c1-10-6-7-13-14(8-10)17-9-11-4-2-3-5-12(11)15(13)16/h2-8H,9H2,1H3. The first-order valence-corrected chi connectivity index (χ1v) is 6.60. The fourth-order valence-corrected chi connectivity index (χ4v) is 3.25. The Morgan fingerprint density at radius 1 is 1.06 bits per heavy atom. The molecule has 0 fully saturated rings. The van der Waals surface area contributed by atoms with Gasteiger partial charge in [0.25, 0.3) is 0 Å². The van der Waals surface area contributed by atoms with Crippen LogP contribution in [0.2, 0.25) is 0 Å². The van der Waals surface area contributed by atoms with E-state index in [9.17, 15) is 4.79 Å². The van der Waals surface area contributed by atoms with E-state index in [1.54, 1.807) is 11.8 Å². The lowest BCUT2D eigenvalue weighted by atomic mass is 9.99. The fraction of sp³-hybridized carbons (Fsp3) is 0.133. The molecule has 0 saturated carbocycles. The van der Waals surface area contributed by atoms with Crippen LogP contribution in [0.15, 0.2) is 47.4 Å². The Labute approximate surface area is 105 Å². The maximum Gasteiger partial charge on any atom is 0.194 e. The Balaban J connectivity index is 2.20. The molecule has 3 rings (SSSR count). The minimum atomic E-state index is 0.153. The molecule has 2 aromatic rings. The SMILES string of the molecule is Cc1ccc2c(c1)SCc1ccccc1C2=O. The Kier molecular flexibility index (Phi) is 2.52. The van der Waals surface area contributed by atoms with E-state index in [1.165, 1.54) is 5.56 Å². The third-order valence-electron chi connectivity index (χ3n) is 3.03. The maximum absolute atomic E-state index is 12.4. The fourth-order valence-electron chi connectivity index (χ4n) is 2.10. The van der Waals surface area contributed by atoms with Crippen LogP contribution < -0.4 is 0 Å². The average Bonchev–Trinajstić information content (AvgIpc) is 2.48. The molecule has 0 aliphatic carbocycles. The molecule has 0 bridgehead atoms. The molecule has 1 aliphatic rings. The highest BCUT2D eigenvalue weighted by Gasteiger charge is 2.20. The molecule has 0 saturated heterocycles. The summed E-state index contributed by atoms with van der Waals surface area (Å²) in [5.41, 5.74) is 4.03. The zero-order valence-electron chi connectivity index (χ0n) is 9.57. The number of fused-ring (bicyclic) bond motifs is 2. The number of hydrogen-bond acceptors (Lipinski definition) is 2. The average molecular weight is 240 g/mol. The van der Waals surface area contributed by atoms with E-state index in [4.69, 9.17) is 0 Å². The lowest BCUT2D eigenvalue weighted by Crippen LogP contribution is -2.03. The summed E-state index contributed by atoms with van der Waals surface area (Å²) in [7, 11) is 0. The molecular weight excluding hydrogens is 228 g/mol. The molecule has 17 heavy (non-hydrogen) atoms. The quantitative estimate of drug-likeness (QED) is 0.696. The van der Waals surface area contributed by atoms with Crippen LogP contribution in [-0.2, 0) is 5.75 Å². The van der Waals surface area contributed by atoms with Gasteiger partial charge in [0.1, 0.15) is 0 Å². The molecule has 0 amide bonds. The van der Waals surface area contributed by atoms with Crippen LogP contribution in [0.4, 0.5) is 0 Å². The van der Waals surface area contributed by atoms with Crippen molar-refractivity contribution in [3.8, 4) is 0 Å². The molecule has 1 nitrogen and oxygen atoms in total. The lowest BCUT2D eigenvalue weighted by Gasteiger charge is -2.04. The number of ketones is 1. The zero-order chi connectivity index (χ0) is 11.8. The first-order chi connectivity index (χ1) is 8.25. The van der Waals surface area contributed by atoms with Gasteiger partial charge in [0.15, 0.2) is 5.78 Å². The van der Waals surface area contributed by atoms with Gasteiger partial charge in [0, 0.05) is 21.8 Å². The topological polar surface area (TPSA) is 17.1 Å². The highest BCUT2D eigenvalue weighted by Crippen LogP contribution is 2.34. The second-order valence-corrected chi connectivity index (χ2v) is 5.29. The van der Waals surface area contributed by atoms with Crippen molar-refractivity contribution in [1.29, 1.82) is 0 Å². The van der Waals surface area contributed by atoms with Crippen molar-refractivity contribution in [2.45, 2.75) is 17.6 Å². The van der Waals surface area contributed by atoms with Crippen molar-refractivity contribution >= 4 is 17.5 Å².